The van der Waals surface area contributed by atoms with E-state index < -0.39 is 0 Å². The van der Waals surface area contributed by atoms with Crippen LogP contribution >= 0.6 is 11.8 Å². The van der Waals surface area contributed by atoms with Gasteiger partial charge in [0.1, 0.15) is 11.5 Å². The molecule has 0 amide bonds. The lowest BCUT2D eigenvalue weighted by molar-refractivity contribution is 0.488. The SMILES string of the molecule is c1ccc(-c2cc(-c3ccccc3)c3c4c2Oc2ccccc2B4c2ccccc2S3)cc1. The lowest BCUT2D eigenvalue weighted by atomic mass is 9.35. The summed E-state index contributed by atoms with van der Waals surface area (Å²) in [5.74, 6) is 1.94. The maximum atomic E-state index is 6.70. The van der Waals surface area contributed by atoms with Crippen molar-refractivity contribution in [3.05, 3.63) is 115 Å². The maximum Gasteiger partial charge on any atom is 0.253 e. The molecule has 0 saturated carbocycles. The molecule has 2 heterocycles. The molecule has 0 unspecified atom stereocenters. The first-order valence-corrected chi connectivity index (χ1v) is 12.1. The van der Waals surface area contributed by atoms with Crippen LogP contribution in [0.25, 0.3) is 22.3 Å². The standard InChI is InChI=1S/C30H19BOS/c1-3-11-20(12-4-1)22-19-23(21-13-5-2-6-14-21)30-28-29(22)32-26-17-9-7-15-24(26)31(28)25-16-8-10-18-27(25)33-30/h1-19H. The molecule has 33 heavy (non-hydrogen) atoms. The molecule has 5 aromatic carbocycles. The lowest BCUT2D eigenvalue weighted by Crippen LogP contribution is -2.57. The van der Waals surface area contributed by atoms with Gasteiger partial charge in [-0.3, -0.25) is 0 Å². The summed E-state index contributed by atoms with van der Waals surface area (Å²) in [6, 6.07) is 41.0. The second kappa shape index (κ2) is 7.43. The summed E-state index contributed by atoms with van der Waals surface area (Å²) in [7, 11) is 0. The fourth-order valence-corrected chi connectivity index (χ4v) is 6.41. The zero-order valence-electron chi connectivity index (χ0n) is 17.9. The van der Waals surface area contributed by atoms with Gasteiger partial charge in [0.05, 0.1) is 0 Å². The number of ether oxygens (including phenoxy) is 1. The van der Waals surface area contributed by atoms with Gasteiger partial charge in [-0.15, -0.1) is 0 Å². The van der Waals surface area contributed by atoms with Crippen molar-refractivity contribution < 1.29 is 4.74 Å². The quantitative estimate of drug-likeness (QED) is 0.302. The number of benzene rings is 5. The fourth-order valence-electron chi connectivity index (χ4n) is 5.14. The van der Waals surface area contributed by atoms with Gasteiger partial charge in [0.15, 0.2) is 0 Å². The summed E-state index contributed by atoms with van der Waals surface area (Å²) < 4.78 is 6.70. The molecule has 1 nitrogen and oxygen atoms in total. The highest BCUT2D eigenvalue weighted by molar-refractivity contribution is 8.00. The number of fused-ring (bicyclic) bond motifs is 4. The smallest absolute Gasteiger partial charge is 0.253 e. The summed E-state index contributed by atoms with van der Waals surface area (Å²) in [6.07, 6.45) is 0. The van der Waals surface area contributed by atoms with E-state index in [0.717, 1.165) is 17.1 Å². The first-order chi connectivity index (χ1) is 16.4. The average Bonchev–Trinajstić information content (AvgIpc) is 2.89. The molecule has 0 fully saturated rings. The van der Waals surface area contributed by atoms with Crippen molar-refractivity contribution in [1.29, 1.82) is 0 Å². The Morgan fingerprint density at radius 3 is 1.94 bits per heavy atom. The molecule has 0 aliphatic carbocycles. The van der Waals surface area contributed by atoms with E-state index in [1.807, 2.05) is 11.8 Å². The Morgan fingerprint density at radius 1 is 0.576 bits per heavy atom. The largest absolute Gasteiger partial charge is 0.458 e. The van der Waals surface area contributed by atoms with Crippen molar-refractivity contribution in [2.24, 2.45) is 0 Å². The van der Waals surface area contributed by atoms with Gasteiger partial charge in [-0.2, -0.15) is 0 Å². The molecule has 0 aromatic heterocycles. The summed E-state index contributed by atoms with van der Waals surface area (Å²) in [4.78, 5) is 2.62. The Balaban J connectivity index is 1.61. The summed E-state index contributed by atoms with van der Waals surface area (Å²) in [5.41, 5.74) is 8.71. The van der Waals surface area contributed by atoms with E-state index in [0.29, 0.717) is 0 Å². The van der Waals surface area contributed by atoms with Crippen molar-refractivity contribution in [2.75, 3.05) is 0 Å². The van der Waals surface area contributed by atoms with Crippen molar-refractivity contribution in [3.63, 3.8) is 0 Å². The van der Waals surface area contributed by atoms with Crippen LogP contribution in [0.2, 0.25) is 0 Å². The summed E-state index contributed by atoms with van der Waals surface area (Å²) in [6.45, 7) is 0.156. The lowest BCUT2D eigenvalue weighted by Gasteiger charge is -2.35. The molecule has 0 N–H and O–H groups in total. The van der Waals surface area contributed by atoms with Gasteiger partial charge >= 0.3 is 0 Å². The van der Waals surface area contributed by atoms with E-state index in [1.54, 1.807) is 0 Å². The number of hydrogen-bond acceptors (Lipinski definition) is 2. The topological polar surface area (TPSA) is 9.23 Å². The van der Waals surface area contributed by atoms with Crippen molar-refractivity contribution in [2.45, 2.75) is 9.79 Å². The van der Waals surface area contributed by atoms with Crippen LogP contribution in [0.15, 0.2) is 125 Å². The van der Waals surface area contributed by atoms with Crippen LogP contribution in [0.4, 0.5) is 0 Å². The Bertz CT molecular complexity index is 1400. The first-order valence-electron chi connectivity index (χ1n) is 11.2. The highest BCUT2D eigenvalue weighted by Gasteiger charge is 2.41. The van der Waals surface area contributed by atoms with Crippen LogP contribution in [0.5, 0.6) is 11.5 Å². The Morgan fingerprint density at radius 2 is 1.18 bits per heavy atom. The predicted molar refractivity (Wildman–Crippen MR) is 139 cm³/mol. The highest BCUT2D eigenvalue weighted by Crippen LogP contribution is 2.46. The van der Waals surface area contributed by atoms with Crippen LogP contribution in [-0.4, -0.2) is 6.71 Å². The molecule has 0 radical (unpaired) electrons. The fraction of sp³-hybridized carbons (Fsp3) is 0. The van der Waals surface area contributed by atoms with Crippen molar-refractivity contribution >= 4 is 34.9 Å². The molecule has 0 saturated heterocycles. The number of hydrogen-bond donors (Lipinski definition) is 0. The third-order valence-electron chi connectivity index (χ3n) is 6.61. The van der Waals surface area contributed by atoms with Gasteiger partial charge in [-0.1, -0.05) is 114 Å². The van der Waals surface area contributed by atoms with Gasteiger partial charge in [-0.25, -0.2) is 0 Å². The predicted octanol–water partition coefficient (Wildman–Crippen LogP) is 6.11. The molecule has 154 valence electrons. The zero-order chi connectivity index (χ0) is 21.8. The second-order valence-corrected chi connectivity index (χ2v) is 9.54. The molecule has 7 rings (SSSR count). The normalized spacial score (nSPS) is 12.9. The van der Waals surface area contributed by atoms with Gasteiger partial charge in [0.2, 0.25) is 0 Å². The van der Waals surface area contributed by atoms with E-state index in [9.17, 15) is 0 Å². The monoisotopic (exact) mass is 438 g/mol. The van der Waals surface area contributed by atoms with E-state index in [4.69, 9.17) is 4.74 Å². The minimum absolute atomic E-state index is 0.156. The van der Waals surface area contributed by atoms with Gasteiger partial charge in [0, 0.05) is 15.4 Å². The number of para-hydroxylation sites is 1. The number of rotatable bonds is 2. The molecule has 5 aromatic rings. The van der Waals surface area contributed by atoms with E-state index in [-0.39, 0.29) is 6.71 Å². The van der Waals surface area contributed by atoms with Crippen LogP contribution in [0.1, 0.15) is 0 Å². The van der Waals surface area contributed by atoms with Crippen LogP contribution in [-0.2, 0) is 0 Å². The van der Waals surface area contributed by atoms with Crippen LogP contribution in [0, 0.1) is 0 Å². The van der Waals surface area contributed by atoms with E-state index in [2.05, 4.69) is 115 Å². The molecule has 0 atom stereocenters. The first kappa shape index (κ1) is 18.8. The molecule has 0 spiro atoms. The molecule has 3 heteroatoms. The third-order valence-corrected chi connectivity index (χ3v) is 7.85. The van der Waals surface area contributed by atoms with E-state index >= 15 is 0 Å². The van der Waals surface area contributed by atoms with E-state index in [1.165, 1.54) is 42.9 Å². The van der Waals surface area contributed by atoms with Crippen molar-refractivity contribution in [3.8, 4) is 33.8 Å². The Labute approximate surface area is 198 Å². The Hall–Kier alpha value is -3.69. The molecule has 2 aliphatic rings. The average molecular weight is 438 g/mol. The highest BCUT2D eigenvalue weighted by atomic mass is 32.2. The second-order valence-electron chi connectivity index (χ2n) is 8.49. The third kappa shape index (κ3) is 2.89. The van der Waals surface area contributed by atoms with Crippen LogP contribution in [0.3, 0.4) is 0 Å². The van der Waals surface area contributed by atoms with Gasteiger partial charge in [0.25, 0.3) is 6.71 Å². The molecular formula is C30H19BOS. The summed E-state index contributed by atoms with van der Waals surface area (Å²) >= 11 is 1.87. The molecular weight excluding hydrogens is 419 g/mol. The molecule has 2 aliphatic heterocycles. The van der Waals surface area contributed by atoms with Gasteiger partial charge < -0.3 is 4.74 Å². The molecule has 0 bridgehead atoms. The minimum atomic E-state index is 0.156. The summed E-state index contributed by atoms with van der Waals surface area (Å²) in [5, 5.41) is 0. The van der Waals surface area contributed by atoms with Crippen LogP contribution < -0.4 is 21.1 Å². The minimum Gasteiger partial charge on any atom is -0.458 e. The maximum absolute atomic E-state index is 6.70. The van der Waals surface area contributed by atoms with Crippen molar-refractivity contribution in [1.82, 2.24) is 0 Å². The van der Waals surface area contributed by atoms with Gasteiger partial charge in [-0.05, 0) is 45.8 Å². The zero-order valence-corrected chi connectivity index (χ0v) is 18.7. The Kier molecular flexibility index (Phi) is 4.24.